The standard InChI is InChI=1S/C27H25N5O3/c1-27(2)16-32(26(34)35)15-19-13-21(7-8-23(19)27)31-25(33)22-4-3-10-29-24(22)30-20-6-5-17-9-11-28-14-18(17)12-20/h3-14H,15-16H2,1-2H3,(H,29,30)(H,31,33)(H,34,35). The summed E-state index contributed by atoms with van der Waals surface area (Å²) in [4.78, 5) is 34.7. The van der Waals surface area contributed by atoms with Gasteiger partial charge in [-0.2, -0.15) is 0 Å². The van der Waals surface area contributed by atoms with Crippen molar-refractivity contribution < 1.29 is 14.7 Å². The molecular weight excluding hydrogens is 442 g/mol. The van der Waals surface area contributed by atoms with Crippen LogP contribution in [0.5, 0.6) is 0 Å². The number of benzene rings is 2. The lowest BCUT2D eigenvalue weighted by molar-refractivity contribution is 0.102. The third-order valence-electron chi connectivity index (χ3n) is 6.27. The molecule has 1 aliphatic heterocycles. The number of nitrogens with one attached hydrogen (secondary N) is 2. The van der Waals surface area contributed by atoms with Gasteiger partial charge in [-0.25, -0.2) is 9.78 Å². The van der Waals surface area contributed by atoms with Crippen molar-refractivity contribution in [1.29, 1.82) is 0 Å². The van der Waals surface area contributed by atoms with E-state index in [1.807, 2.05) is 56.3 Å². The summed E-state index contributed by atoms with van der Waals surface area (Å²) < 4.78 is 0. The Bertz CT molecular complexity index is 1450. The Morgan fingerprint density at radius 3 is 2.66 bits per heavy atom. The molecule has 2 amide bonds. The van der Waals surface area contributed by atoms with Gasteiger partial charge in [0.1, 0.15) is 5.82 Å². The lowest BCUT2D eigenvalue weighted by Gasteiger charge is -2.38. The van der Waals surface area contributed by atoms with E-state index in [0.717, 1.165) is 27.6 Å². The summed E-state index contributed by atoms with van der Waals surface area (Å²) in [7, 11) is 0. The minimum Gasteiger partial charge on any atom is -0.465 e. The Hall–Kier alpha value is -4.46. The second kappa shape index (κ2) is 8.72. The van der Waals surface area contributed by atoms with Gasteiger partial charge in [0.05, 0.1) is 5.56 Å². The number of pyridine rings is 2. The predicted octanol–water partition coefficient (Wildman–Crippen LogP) is 5.40. The molecule has 0 aliphatic carbocycles. The molecule has 3 heterocycles. The van der Waals surface area contributed by atoms with Crippen LogP contribution in [-0.4, -0.2) is 38.5 Å². The molecule has 2 aromatic heterocycles. The Morgan fingerprint density at radius 2 is 1.83 bits per heavy atom. The molecule has 4 aromatic rings. The van der Waals surface area contributed by atoms with E-state index >= 15 is 0 Å². The van der Waals surface area contributed by atoms with Crippen LogP contribution in [-0.2, 0) is 12.0 Å². The molecule has 0 fully saturated rings. The maximum atomic E-state index is 13.2. The van der Waals surface area contributed by atoms with E-state index in [1.54, 1.807) is 30.7 Å². The van der Waals surface area contributed by atoms with Gasteiger partial charge < -0.3 is 20.6 Å². The van der Waals surface area contributed by atoms with Crippen molar-refractivity contribution in [3.8, 4) is 0 Å². The maximum Gasteiger partial charge on any atom is 0.407 e. The van der Waals surface area contributed by atoms with Crippen molar-refractivity contribution in [1.82, 2.24) is 14.9 Å². The summed E-state index contributed by atoms with van der Waals surface area (Å²) >= 11 is 0. The van der Waals surface area contributed by atoms with Crippen molar-refractivity contribution in [2.75, 3.05) is 17.2 Å². The average Bonchev–Trinajstić information content (AvgIpc) is 2.83. The smallest absolute Gasteiger partial charge is 0.407 e. The molecule has 0 atom stereocenters. The first kappa shape index (κ1) is 22.3. The quantitative estimate of drug-likeness (QED) is 0.371. The van der Waals surface area contributed by atoms with Gasteiger partial charge >= 0.3 is 6.09 Å². The maximum absolute atomic E-state index is 13.2. The summed E-state index contributed by atoms with van der Waals surface area (Å²) in [5, 5.41) is 17.7. The fourth-order valence-electron chi connectivity index (χ4n) is 4.61. The Kier molecular flexibility index (Phi) is 5.56. The van der Waals surface area contributed by atoms with Gasteiger partial charge in [-0.15, -0.1) is 0 Å². The van der Waals surface area contributed by atoms with Crippen molar-refractivity contribution in [3.05, 3.63) is 89.9 Å². The molecule has 5 rings (SSSR count). The number of carbonyl (C=O) groups is 2. The number of nitrogens with zero attached hydrogens (tertiary/aromatic N) is 3. The average molecular weight is 468 g/mol. The molecule has 0 saturated carbocycles. The molecule has 35 heavy (non-hydrogen) atoms. The largest absolute Gasteiger partial charge is 0.465 e. The molecule has 0 saturated heterocycles. The SMILES string of the molecule is CC1(C)CN(C(=O)O)Cc2cc(NC(=O)c3cccnc3Nc3ccc4ccncc4c3)ccc21. The highest BCUT2D eigenvalue weighted by molar-refractivity contribution is 6.08. The number of carbonyl (C=O) groups excluding carboxylic acids is 1. The third-order valence-corrected chi connectivity index (χ3v) is 6.27. The Labute approximate surface area is 202 Å². The number of hydrogen-bond donors (Lipinski definition) is 3. The van der Waals surface area contributed by atoms with Crippen LogP contribution >= 0.6 is 0 Å². The van der Waals surface area contributed by atoms with Crippen LogP contribution in [0.1, 0.15) is 35.3 Å². The second-order valence-electron chi connectivity index (χ2n) is 9.31. The highest BCUT2D eigenvalue weighted by Crippen LogP contribution is 2.35. The lowest BCUT2D eigenvalue weighted by atomic mass is 9.78. The van der Waals surface area contributed by atoms with Crippen LogP contribution in [0.4, 0.5) is 22.0 Å². The van der Waals surface area contributed by atoms with Gasteiger partial charge in [-0.1, -0.05) is 26.0 Å². The number of anilines is 3. The Morgan fingerprint density at radius 1 is 1.00 bits per heavy atom. The van der Waals surface area contributed by atoms with Crippen molar-refractivity contribution >= 4 is 40.0 Å². The van der Waals surface area contributed by atoms with E-state index in [9.17, 15) is 14.7 Å². The summed E-state index contributed by atoms with van der Waals surface area (Å²) in [6.07, 6.45) is 4.21. The van der Waals surface area contributed by atoms with Gasteiger partial charge in [0.2, 0.25) is 0 Å². The number of amides is 2. The highest BCUT2D eigenvalue weighted by Gasteiger charge is 2.34. The van der Waals surface area contributed by atoms with Crippen LogP contribution in [0.2, 0.25) is 0 Å². The van der Waals surface area contributed by atoms with E-state index in [4.69, 9.17) is 0 Å². The van der Waals surface area contributed by atoms with Crippen LogP contribution in [0, 0.1) is 0 Å². The topological polar surface area (TPSA) is 107 Å². The number of hydrogen-bond acceptors (Lipinski definition) is 5. The van der Waals surface area contributed by atoms with Crippen LogP contribution in [0.25, 0.3) is 10.8 Å². The highest BCUT2D eigenvalue weighted by atomic mass is 16.4. The van der Waals surface area contributed by atoms with Gasteiger partial charge in [0, 0.05) is 53.9 Å². The molecule has 8 heteroatoms. The molecule has 0 radical (unpaired) electrons. The molecule has 8 nitrogen and oxygen atoms in total. The third kappa shape index (κ3) is 4.50. The van der Waals surface area contributed by atoms with Gasteiger partial charge in [0.25, 0.3) is 5.91 Å². The fraction of sp³-hybridized carbons (Fsp3) is 0.185. The summed E-state index contributed by atoms with van der Waals surface area (Å²) in [6, 6.07) is 16.9. The lowest BCUT2D eigenvalue weighted by Crippen LogP contribution is -2.44. The first-order valence-electron chi connectivity index (χ1n) is 11.3. The van der Waals surface area contributed by atoms with Crippen molar-refractivity contribution in [2.24, 2.45) is 0 Å². The van der Waals surface area contributed by atoms with Crippen molar-refractivity contribution in [3.63, 3.8) is 0 Å². The molecule has 0 spiro atoms. The zero-order chi connectivity index (χ0) is 24.6. The zero-order valence-corrected chi connectivity index (χ0v) is 19.4. The van der Waals surface area contributed by atoms with E-state index < -0.39 is 6.09 Å². The van der Waals surface area contributed by atoms with E-state index in [-0.39, 0.29) is 17.9 Å². The molecule has 3 N–H and O–H groups in total. The number of rotatable bonds is 4. The molecule has 0 bridgehead atoms. The summed E-state index contributed by atoms with van der Waals surface area (Å²) in [5.74, 6) is 0.123. The predicted molar refractivity (Wildman–Crippen MR) is 135 cm³/mol. The Balaban J connectivity index is 1.39. The van der Waals surface area contributed by atoms with E-state index in [1.165, 1.54) is 4.90 Å². The first-order valence-corrected chi connectivity index (χ1v) is 11.3. The normalized spacial score (nSPS) is 14.3. The molecule has 2 aromatic carbocycles. The summed E-state index contributed by atoms with van der Waals surface area (Å²) in [5.41, 5.74) is 3.44. The fourth-order valence-corrected chi connectivity index (χ4v) is 4.61. The van der Waals surface area contributed by atoms with Gasteiger partial charge in [0.15, 0.2) is 0 Å². The number of fused-ring (bicyclic) bond motifs is 2. The van der Waals surface area contributed by atoms with Crippen LogP contribution < -0.4 is 10.6 Å². The van der Waals surface area contributed by atoms with Gasteiger partial charge in [-0.3, -0.25) is 9.78 Å². The minimum absolute atomic E-state index is 0.286. The van der Waals surface area contributed by atoms with Crippen molar-refractivity contribution in [2.45, 2.75) is 25.8 Å². The monoisotopic (exact) mass is 467 g/mol. The molecule has 0 unspecified atom stereocenters. The first-order chi connectivity index (χ1) is 16.8. The molecule has 1 aliphatic rings. The van der Waals surface area contributed by atoms with Gasteiger partial charge in [-0.05, 0) is 59.0 Å². The number of aromatic nitrogens is 2. The molecular formula is C27H25N5O3. The van der Waals surface area contributed by atoms with E-state index in [0.29, 0.717) is 23.6 Å². The molecule has 176 valence electrons. The second-order valence-corrected chi connectivity index (χ2v) is 9.31. The number of carboxylic acid groups (broad SMARTS) is 1. The van der Waals surface area contributed by atoms with E-state index in [2.05, 4.69) is 20.6 Å². The van der Waals surface area contributed by atoms with Crippen LogP contribution in [0.15, 0.2) is 73.2 Å². The van der Waals surface area contributed by atoms with Crippen LogP contribution in [0.3, 0.4) is 0 Å². The summed E-state index contributed by atoms with van der Waals surface area (Å²) in [6.45, 7) is 4.76. The zero-order valence-electron chi connectivity index (χ0n) is 19.4. The minimum atomic E-state index is -0.950.